The lowest BCUT2D eigenvalue weighted by atomic mass is 9.91. The van der Waals surface area contributed by atoms with Crippen LogP contribution >= 0.6 is 0 Å². The third kappa shape index (κ3) is 2.75. The van der Waals surface area contributed by atoms with Gasteiger partial charge in [-0.1, -0.05) is 6.92 Å². The Hall–Kier alpha value is -0.180. The second-order valence-electron chi connectivity index (χ2n) is 2.94. The number of rotatable bonds is 2. The highest BCUT2D eigenvalue weighted by atomic mass is 19.3. The molecule has 0 bridgehead atoms. The van der Waals surface area contributed by atoms with Crippen LogP contribution in [0.2, 0.25) is 0 Å². The van der Waals surface area contributed by atoms with E-state index in [-0.39, 0.29) is 0 Å². The Kier molecular flexibility index (Phi) is 2.55. The van der Waals surface area contributed by atoms with E-state index in [1.165, 1.54) is 6.92 Å². The van der Waals surface area contributed by atoms with Crippen molar-refractivity contribution in [3.8, 4) is 0 Å². The van der Waals surface area contributed by atoms with Gasteiger partial charge in [0.1, 0.15) is 0 Å². The molecule has 0 radical (unpaired) electrons. The van der Waals surface area contributed by atoms with Gasteiger partial charge in [-0.25, -0.2) is 8.78 Å². The van der Waals surface area contributed by atoms with Gasteiger partial charge in [-0.2, -0.15) is 0 Å². The molecule has 0 rings (SSSR count). The summed E-state index contributed by atoms with van der Waals surface area (Å²) < 4.78 is 23.7. The normalized spacial score (nSPS) is 16.3. The van der Waals surface area contributed by atoms with Gasteiger partial charge in [0, 0.05) is 11.5 Å². The Bertz CT molecular complexity index is 85.5. The van der Waals surface area contributed by atoms with E-state index in [4.69, 9.17) is 5.73 Å². The van der Waals surface area contributed by atoms with E-state index in [1.54, 1.807) is 13.8 Å². The van der Waals surface area contributed by atoms with Crippen molar-refractivity contribution in [3.63, 3.8) is 0 Å². The van der Waals surface area contributed by atoms with Crippen LogP contribution in [0.1, 0.15) is 20.8 Å². The second-order valence-corrected chi connectivity index (χ2v) is 2.94. The molecule has 2 N–H and O–H groups in total. The van der Waals surface area contributed by atoms with Crippen molar-refractivity contribution in [1.82, 2.24) is 0 Å². The van der Waals surface area contributed by atoms with Crippen LogP contribution in [0, 0.1) is 5.92 Å². The van der Waals surface area contributed by atoms with E-state index >= 15 is 0 Å². The summed E-state index contributed by atoms with van der Waals surface area (Å²) >= 11 is 0. The fraction of sp³-hybridized carbons (Fsp3) is 1.00. The lowest BCUT2D eigenvalue weighted by Gasteiger charge is -2.25. The number of halogens is 2. The van der Waals surface area contributed by atoms with Gasteiger partial charge in [0.25, 0.3) is 0 Å². The summed E-state index contributed by atoms with van der Waals surface area (Å²) in [7, 11) is 0. The number of hydrogen-bond acceptors (Lipinski definition) is 1. The second kappa shape index (κ2) is 2.60. The smallest absolute Gasteiger partial charge is 0.242 e. The van der Waals surface area contributed by atoms with Crippen molar-refractivity contribution in [2.75, 3.05) is 0 Å². The molecule has 0 aliphatic heterocycles. The minimum absolute atomic E-state index is 0.738. The molecule has 0 saturated heterocycles. The van der Waals surface area contributed by atoms with Gasteiger partial charge in [-0.05, 0) is 13.8 Å². The van der Waals surface area contributed by atoms with Gasteiger partial charge in [0.15, 0.2) is 0 Å². The molecule has 0 fully saturated rings. The lowest BCUT2D eigenvalue weighted by Crippen LogP contribution is -2.42. The molecule has 0 aromatic carbocycles. The van der Waals surface area contributed by atoms with Crippen molar-refractivity contribution < 1.29 is 8.78 Å². The van der Waals surface area contributed by atoms with Gasteiger partial charge < -0.3 is 5.73 Å². The van der Waals surface area contributed by atoms with Crippen LogP contribution in [0.3, 0.4) is 0 Å². The SMILES string of the molecule is CC(C(F)F)C(C)(C)N. The van der Waals surface area contributed by atoms with E-state index in [0.29, 0.717) is 0 Å². The van der Waals surface area contributed by atoms with E-state index < -0.39 is 17.9 Å². The van der Waals surface area contributed by atoms with Crippen LogP contribution < -0.4 is 5.73 Å². The van der Waals surface area contributed by atoms with Crippen molar-refractivity contribution in [1.29, 1.82) is 0 Å². The highest BCUT2D eigenvalue weighted by Gasteiger charge is 2.28. The first kappa shape index (κ1) is 8.82. The Labute approximate surface area is 54.2 Å². The molecule has 0 aliphatic carbocycles. The van der Waals surface area contributed by atoms with Gasteiger partial charge in [-0.15, -0.1) is 0 Å². The van der Waals surface area contributed by atoms with E-state index in [0.717, 1.165) is 0 Å². The highest BCUT2D eigenvalue weighted by Crippen LogP contribution is 2.19. The van der Waals surface area contributed by atoms with Crippen LogP contribution in [0.5, 0.6) is 0 Å². The molecule has 0 spiro atoms. The highest BCUT2D eigenvalue weighted by molar-refractivity contribution is 4.80. The molecular formula is C6H13F2N. The number of nitrogens with two attached hydrogens (primary N) is 1. The van der Waals surface area contributed by atoms with E-state index in [2.05, 4.69) is 0 Å². The molecular weight excluding hydrogens is 124 g/mol. The summed E-state index contributed by atoms with van der Waals surface area (Å²) in [5, 5.41) is 0. The first-order chi connectivity index (χ1) is 3.85. The Morgan fingerprint density at radius 1 is 1.33 bits per heavy atom. The molecule has 9 heavy (non-hydrogen) atoms. The predicted molar refractivity (Wildman–Crippen MR) is 33.4 cm³/mol. The maximum absolute atomic E-state index is 11.8. The molecule has 0 amide bonds. The van der Waals surface area contributed by atoms with Crippen LogP contribution in [0.25, 0.3) is 0 Å². The third-order valence-corrected chi connectivity index (χ3v) is 1.55. The van der Waals surface area contributed by atoms with Crippen LogP contribution in [0.4, 0.5) is 8.78 Å². The zero-order valence-corrected chi connectivity index (χ0v) is 5.99. The molecule has 3 heteroatoms. The fourth-order valence-electron chi connectivity index (χ4n) is 0.325. The first-order valence-corrected chi connectivity index (χ1v) is 2.92. The minimum atomic E-state index is -2.31. The predicted octanol–water partition coefficient (Wildman–Crippen LogP) is 1.62. The molecule has 1 nitrogen and oxygen atoms in total. The van der Waals surface area contributed by atoms with Crippen LogP contribution in [0.15, 0.2) is 0 Å². The Morgan fingerprint density at radius 2 is 1.67 bits per heavy atom. The number of hydrogen-bond donors (Lipinski definition) is 1. The maximum atomic E-state index is 11.8. The molecule has 0 aromatic heterocycles. The lowest BCUT2D eigenvalue weighted by molar-refractivity contribution is 0.0519. The van der Waals surface area contributed by atoms with Gasteiger partial charge in [0.05, 0.1) is 0 Å². The topological polar surface area (TPSA) is 26.0 Å². The Morgan fingerprint density at radius 3 is 1.67 bits per heavy atom. The molecule has 0 aliphatic rings. The maximum Gasteiger partial charge on any atom is 0.242 e. The van der Waals surface area contributed by atoms with Gasteiger partial charge >= 0.3 is 0 Å². The van der Waals surface area contributed by atoms with Gasteiger partial charge in [-0.3, -0.25) is 0 Å². The molecule has 0 saturated carbocycles. The molecule has 0 heterocycles. The quantitative estimate of drug-likeness (QED) is 0.615. The van der Waals surface area contributed by atoms with Crippen molar-refractivity contribution in [2.24, 2.45) is 11.7 Å². The van der Waals surface area contributed by atoms with Crippen molar-refractivity contribution >= 4 is 0 Å². The minimum Gasteiger partial charge on any atom is -0.325 e. The van der Waals surface area contributed by atoms with Gasteiger partial charge in [0.2, 0.25) is 6.43 Å². The summed E-state index contributed by atoms with van der Waals surface area (Å²) in [5.74, 6) is -0.738. The Balaban J connectivity index is 3.88. The fourth-order valence-corrected chi connectivity index (χ4v) is 0.325. The average molecular weight is 137 g/mol. The third-order valence-electron chi connectivity index (χ3n) is 1.55. The van der Waals surface area contributed by atoms with Crippen LogP contribution in [-0.4, -0.2) is 12.0 Å². The summed E-state index contributed by atoms with van der Waals surface area (Å²) in [6.45, 7) is 4.65. The summed E-state index contributed by atoms with van der Waals surface area (Å²) in [6, 6.07) is 0. The van der Waals surface area contributed by atoms with Crippen molar-refractivity contribution in [3.05, 3.63) is 0 Å². The van der Waals surface area contributed by atoms with E-state index in [1.807, 2.05) is 0 Å². The molecule has 1 unspecified atom stereocenters. The summed E-state index contributed by atoms with van der Waals surface area (Å²) in [6.07, 6.45) is -2.31. The largest absolute Gasteiger partial charge is 0.325 e. The first-order valence-electron chi connectivity index (χ1n) is 2.92. The summed E-state index contributed by atoms with van der Waals surface area (Å²) in [4.78, 5) is 0. The molecule has 56 valence electrons. The summed E-state index contributed by atoms with van der Waals surface area (Å²) in [5.41, 5.74) is 4.63. The zero-order valence-electron chi connectivity index (χ0n) is 5.99. The monoisotopic (exact) mass is 137 g/mol. The zero-order chi connectivity index (χ0) is 7.65. The standard InChI is InChI=1S/C6H13F2N/c1-4(5(7)8)6(2,3)9/h4-5H,9H2,1-3H3. The van der Waals surface area contributed by atoms with E-state index in [9.17, 15) is 8.78 Å². The molecule has 0 aromatic rings. The van der Waals surface area contributed by atoms with Crippen LogP contribution in [-0.2, 0) is 0 Å². The molecule has 1 atom stereocenters. The number of alkyl halides is 2. The average Bonchev–Trinajstić information content (AvgIpc) is 1.62. The van der Waals surface area contributed by atoms with Crippen molar-refractivity contribution in [2.45, 2.75) is 32.7 Å².